The summed E-state index contributed by atoms with van der Waals surface area (Å²) >= 11 is 0. The van der Waals surface area contributed by atoms with Crippen molar-refractivity contribution in [3.8, 4) is 0 Å². The van der Waals surface area contributed by atoms with E-state index in [1.54, 1.807) is 6.07 Å². The zero-order chi connectivity index (χ0) is 23.1. The number of anilines is 1. The van der Waals surface area contributed by atoms with Crippen LogP contribution in [-0.2, 0) is 4.79 Å². The minimum Gasteiger partial charge on any atom is -0.371 e. The molecule has 3 rings (SSSR count). The number of amides is 3. The van der Waals surface area contributed by atoms with Crippen LogP contribution in [0.4, 0.5) is 19.3 Å². The Morgan fingerprint density at radius 2 is 1.84 bits per heavy atom. The number of urea groups is 1. The van der Waals surface area contributed by atoms with Gasteiger partial charge in [-0.3, -0.25) is 9.69 Å². The molecule has 2 saturated heterocycles. The topological polar surface area (TPSA) is 59.1 Å². The molecule has 2 aliphatic rings. The van der Waals surface area contributed by atoms with Gasteiger partial charge in [0.15, 0.2) is 11.6 Å². The SMILES string of the molecule is CCN(CC)C(=O)CN1CCCN(C(=O)NCC2CCN(c3ccc(F)c(F)c3)C2)CC1. The first-order valence-electron chi connectivity index (χ1n) is 11.6. The zero-order valence-corrected chi connectivity index (χ0v) is 19.2. The van der Waals surface area contributed by atoms with Crippen molar-refractivity contribution in [3.05, 3.63) is 29.8 Å². The van der Waals surface area contributed by atoms with Crippen molar-refractivity contribution in [2.75, 3.05) is 70.3 Å². The molecule has 1 N–H and O–H groups in total. The second-order valence-corrected chi connectivity index (χ2v) is 8.57. The van der Waals surface area contributed by atoms with Gasteiger partial charge in [0.2, 0.25) is 5.91 Å². The molecule has 2 heterocycles. The average Bonchev–Trinajstić information content (AvgIpc) is 3.13. The Bertz CT molecular complexity index is 790. The Balaban J connectivity index is 1.41. The van der Waals surface area contributed by atoms with E-state index in [-0.39, 0.29) is 17.9 Å². The van der Waals surface area contributed by atoms with Crippen LogP contribution < -0.4 is 10.2 Å². The number of nitrogens with zero attached hydrogens (tertiary/aromatic N) is 4. The maximum absolute atomic E-state index is 13.5. The highest BCUT2D eigenvalue weighted by Gasteiger charge is 2.26. The van der Waals surface area contributed by atoms with Gasteiger partial charge in [0, 0.05) is 70.7 Å². The summed E-state index contributed by atoms with van der Waals surface area (Å²) in [4.78, 5) is 32.9. The Morgan fingerprint density at radius 1 is 1.06 bits per heavy atom. The Hall–Kier alpha value is -2.42. The maximum atomic E-state index is 13.5. The van der Waals surface area contributed by atoms with Gasteiger partial charge in [0.1, 0.15) is 0 Å². The second-order valence-electron chi connectivity index (χ2n) is 8.57. The lowest BCUT2D eigenvalue weighted by molar-refractivity contribution is -0.132. The third kappa shape index (κ3) is 6.31. The summed E-state index contributed by atoms with van der Waals surface area (Å²) in [5.74, 6) is -1.28. The number of hydrogen-bond donors (Lipinski definition) is 1. The van der Waals surface area contributed by atoms with Crippen LogP contribution in [0.15, 0.2) is 18.2 Å². The molecule has 178 valence electrons. The Kier molecular flexibility index (Phi) is 8.67. The van der Waals surface area contributed by atoms with Crippen molar-refractivity contribution in [3.63, 3.8) is 0 Å². The Morgan fingerprint density at radius 3 is 2.56 bits per heavy atom. The monoisotopic (exact) mass is 451 g/mol. The van der Waals surface area contributed by atoms with Gasteiger partial charge in [0.25, 0.3) is 0 Å². The van der Waals surface area contributed by atoms with E-state index in [0.717, 1.165) is 32.0 Å². The number of benzene rings is 1. The standard InChI is InChI=1S/C23H35F2N5O2/c1-3-28(4-2)22(31)17-27-9-5-10-29(13-12-27)23(32)26-15-18-8-11-30(16-18)19-6-7-20(24)21(25)14-19/h6-7,14,18H,3-5,8-13,15-17H2,1-2H3,(H,26,32). The smallest absolute Gasteiger partial charge is 0.317 e. The summed E-state index contributed by atoms with van der Waals surface area (Å²) < 4.78 is 26.7. The molecule has 3 amide bonds. The quantitative estimate of drug-likeness (QED) is 0.692. The summed E-state index contributed by atoms with van der Waals surface area (Å²) in [6.45, 7) is 10.6. The van der Waals surface area contributed by atoms with E-state index in [4.69, 9.17) is 0 Å². The predicted molar refractivity (Wildman–Crippen MR) is 121 cm³/mol. The van der Waals surface area contributed by atoms with Crippen LogP contribution in [0.2, 0.25) is 0 Å². The molecule has 7 nitrogen and oxygen atoms in total. The van der Waals surface area contributed by atoms with Crippen molar-refractivity contribution in [1.82, 2.24) is 20.0 Å². The molecule has 1 aromatic rings. The molecule has 0 radical (unpaired) electrons. The minimum absolute atomic E-state index is 0.0757. The third-order valence-electron chi connectivity index (χ3n) is 6.45. The summed E-state index contributed by atoms with van der Waals surface area (Å²) in [6.07, 6.45) is 1.73. The first-order chi connectivity index (χ1) is 15.4. The van der Waals surface area contributed by atoms with Crippen LogP contribution in [0.1, 0.15) is 26.7 Å². The van der Waals surface area contributed by atoms with E-state index in [0.29, 0.717) is 58.0 Å². The van der Waals surface area contributed by atoms with E-state index in [1.165, 1.54) is 6.07 Å². The maximum Gasteiger partial charge on any atom is 0.317 e. The molecule has 1 aromatic carbocycles. The van der Waals surface area contributed by atoms with Gasteiger partial charge in [-0.05, 0) is 44.7 Å². The minimum atomic E-state index is -0.842. The normalized spacial score (nSPS) is 19.7. The lowest BCUT2D eigenvalue weighted by Crippen LogP contribution is -2.45. The molecule has 0 bridgehead atoms. The molecule has 9 heteroatoms. The summed E-state index contributed by atoms with van der Waals surface area (Å²) in [6, 6.07) is 3.89. The average molecular weight is 452 g/mol. The number of carbonyl (C=O) groups is 2. The molecule has 0 saturated carbocycles. The molecule has 2 fully saturated rings. The second kappa shape index (κ2) is 11.4. The van der Waals surface area contributed by atoms with Gasteiger partial charge in [0.05, 0.1) is 6.54 Å². The van der Waals surface area contributed by atoms with E-state index >= 15 is 0 Å². The predicted octanol–water partition coefficient (Wildman–Crippen LogP) is 2.38. The molecule has 0 aromatic heterocycles. The van der Waals surface area contributed by atoms with E-state index in [1.807, 2.05) is 28.5 Å². The highest BCUT2D eigenvalue weighted by atomic mass is 19.2. The Labute approximate surface area is 189 Å². The van der Waals surface area contributed by atoms with Crippen LogP contribution in [0.5, 0.6) is 0 Å². The van der Waals surface area contributed by atoms with E-state index in [9.17, 15) is 18.4 Å². The van der Waals surface area contributed by atoms with Gasteiger partial charge in [-0.2, -0.15) is 0 Å². The number of likely N-dealkylation sites (N-methyl/N-ethyl adjacent to an activating group) is 1. The highest BCUT2D eigenvalue weighted by molar-refractivity contribution is 5.78. The van der Waals surface area contributed by atoms with Crippen LogP contribution in [-0.4, -0.2) is 92.1 Å². The number of rotatable bonds is 7. The van der Waals surface area contributed by atoms with Crippen molar-refractivity contribution in [2.45, 2.75) is 26.7 Å². The summed E-state index contributed by atoms with van der Waals surface area (Å²) in [7, 11) is 0. The fraction of sp³-hybridized carbons (Fsp3) is 0.652. The van der Waals surface area contributed by atoms with E-state index in [2.05, 4.69) is 10.2 Å². The number of halogens is 2. The molecular weight excluding hydrogens is 416 g/mol. The third-order valence-corrected chi connectivity index (χ3v) is 6.45. The first kappa shape index (κ1) is 24.2. The van der Waals surface area contributed by atoms with Gasteiger partial charge < -0.3 is 20.0 Å². The van der Waals surface area contributed by atoms with E-state index < -0.39 is 11.6 Å². The number of nitrogens with one attached hydrogen (secondary N) is 1. The summed E-state index contributed by atoms with van der Waals surface area (Å²) in [5.41, 5.74) is 0.671. The fourth-order valence-corrected chi connectivity index (χ4v) is 4.46. The molecule has 1 atom stereocenters. The van der Waals surface area contributed by atoms with Crippen LogP contribution in [0.3, 0.4) is 0 Å². The van der Waals surface area contributed by atoms with Gasteiger partial charge >= 0.3 is 6.03 Å². The molecular formula is C23H35F2N5O2. The fourth-order valence-electron chi connectivity index (χ4n) is 4.46. The van der Waals surface area contributed by atoms with Crippen LogP contribution in [0.25, 0.3) is 0 Å². The highest BCUT2D eigenvalue weighted by Crippen LogP contribution is 2.25. The summed E-state index contributed by atoms with van der Waals surface area (Å²) in [5, 5.41) is 3.04. The number of carbonyl (C=O) groups excluding carboxylic acids is 2. The van der Waals surface area contributed by atoms with Crippen molar-refractivity contribution >= 4 is 17.6 Å². The lowest BCUT2D eigenvalue weighted by atomic mass is 10.1. The van der Waals surface area contributed by atoms with Gasteiger partial charge in [-0.1, -0.05) is 0 Å². The van der Waals surface area contributed by atoms with Crippen molar-refractivity contribution < 1.29 is 18.4 Å². The van der Waals surface area contributed by atoms with Crippen LogP contribution >= 0.6 is 0 Å². The molecule has 0 aliphatic carbocycles. The van der Waals surface area contributed by atoms with Crippen LogP contribution in [0, 0.1) is 17.6 Å². The lowest BCUT2D eigenvalue weighted by Gasteiger charge is -2.25. The number of hydrogen-bond acceptors (Lipinski definition) is 4. The van der Waals surface area contributed by atoms with Gasteiger partial charge in [-0.25, -0.2) is 13.6 Å². The largest absolute Gasteiger partial charge is 0.371 e. The first-order valence-corrected chi connectivity index (χ1v) is 11.6. The molecule has 0 spiro atoms. The molecule has 2 aliphatic heterocycles. The molecule has 1 unspecified atom stereocenters. The van der Waals surface area contributed by atoms with Crippen molar-refractivity contribution in [2.24, 2.45) is 5.92 Å². The van der Waals surface area contributed by atoms with Gasteiger partial charge in [-0.15, -0.1) is 0 Å². The molecule has 32 heavy (non-hydrogen) atoms. The van der Waals surface area contributed by atoms with Crippen molar-refractivity contribution in [1.29, 1.82) is 0 Å². The zero-order valence-electron chi connectivity index (χ0n) is 19.2.